The van der Waals surface area contributed by atoms with Gasteiger partial charge in [0.25, 0.3) is 0 Å². The molecule has 1 atom stereocenters. The first-order valence-corrected chi connectivity index (χ1v) is 8.65. The topological polar surface area (TPSA) is 63.8 Å². The normalized spacial score (nSPS) is 12.7. The fourth-order valence-electron chi connectivity index (χ4n) is 2.11. The minimum absolute atomic E-state index is 0.116. The van der Waals surface area contributed by atoms with Gasteiger partial charge in [-0.3, -0.25) is 0 Å². The Morgan fingerprint density at radius 3 is 2.81 bits per heavy atom. The van der Waals surface area contributed by atoms with Crippen LogP contribution in [0.2, 0.25) is 4.34 Å². The van der Waals surface area contributed by atoms with Crippen molar-refractivity contribution >= 4 is 56.3 Å². The summed E-state index contributed by atoms with van der Waals surface area (Å²) in [6.07, 6.45) is 0.983. The number of nitrogens with two attached hydrogens (primary N) is 1. The van der Waals surface area contributed by atoms with Crippen molar-refractivity contribution in [3.05, 3.63) is 32.3 Å². The molecule has 0 aliphatic heterocycles. The molecule has 0 saturated carbocycles. The van der Waals surface area contributed by atoms with Crippen LogP contribution in [0.5, 0.6) is 0 Å². The number of hydrogen-bond acceptors (Lipinski definition) is 6. The van der Waals surface area contributed by atoms with Gasteiger partial charge in [-0.15, -0.1) is 22.7 Å². The van der Waals surface area contributed by atoms with Crippen molar-refractivity contribution in [2.45, 2.75) is 26.3 Å². The van der Waals surface area contributed by atoms with Crippen molar-refractivity contribution in [1.82, 2.24) is 9.97 Å². The van der Waals surface area contributed by atoms with Crippen LogP contribution in [0.15, 0.2) is 18.2 Å². The molecule has 0 saturated heterocycles. The molecule has 0 spiro atoms. The van der Waals surface area contributed by atoms with Gasteiger partial charge < -0.3 is 11.1 Å². The van der Waals surface area contributed by atoms with Crippen molar-refractivity contribution in [3.8, 4) is 0 Å². The molecule has 3 heterocycles. The average molecular weight is 339 g/mol. The monoisotopic (exact) mass is 338 g/mol. The molecule has 0 fully saturated rings. The van der Waals surface area contributed by atoms with E-state index in [9.17, 15) is 0 Å². The zero-order valence-electron chi connectivity index (χ0n) is 11.7. The highest BCUT2D eigenvalue weighted by Crippen LogP contribution is 2.33. The second kappa shape index (κ2) is 5.79. The minimum atomic E-state index is 0.116. The molecular formula is C14H15ClN4S2. The molecule has 0 amide bonds. The number of halogens is 1. The number of aromatic nitrogens is 2. The number of hydrogen-bond donors (Lipinski definition) is 2. The van der Waals surface area contributed by atoms with E-state index in [0.717, 1.165) is 31.7 Å². The predicted octanol–water partition coefficient (Wildman–Crippen LogP) is 4.72. The highest BCUT2D eigenvalue weighted by Gasteiger charge is 2.14. The third-order valence-electron chi connectivity index (χ3n) is 3.18. The number of fused-ring (bicyclic) bond motifs is 1. The maximum atomic E-state index is 6.00. The molecule has 0 aliphatic rings. The second-order valence-electron chi connectivity index (χ2n) is 4.72. The Bertz CT molecular complexity index is 780. The van der Waals surface area contributed by atoms with Gasteiger partial charge in [0.1, 0.15) is 10.6 Å². The summed E-state index contributed by atoms with van der Waals surface area (Å²) < 4.78 is 0.787. The Morgan fingerprint density at radius 1 is 1.33 bits per heavy atom. The molecule has 4 nitrogen and oxygen atoms in total. The summed E-state index contributed by atoms with van der Waals surface area (Å²) in [6, 6.07) is 6.18. The van der Waals surface area contributed by atoms with Crippen molar-refractivity contribution < 1.29 is 0 Å². The maximum Gasteiger partial charge on any atom is 0.223 e. The molecule has 1 unspecified atom stereocenters. The zero-order chi connectivity index (χ0) is 15.0. The van der Waals surface area contributed by atoms with Gasteiger partial charge in [-0.25, -0.2) is 4.98 Å². The SMILES string of the molecule is CCc1cc2c(NC(C)c3ccc(Cl)s3)nc(N)nc2s1. The fourth-order valence-corrected chi connectivity index (χ4v) is 4.15. The lowest BCUT2D eigenvalue weighted by molar-refractivity contribution is 0.899. The van der Waals surface area contributed by atoms with Crippen molar-refractivity contribution in [2.24, 2.45) is 0 Å². The van der Waals surface area contributed by atoms with Gasteiger partial charge in [0.05, 0.1) is 15.8 Å². The number of aryl methyl sites for hydroxylation is 1. The number of nitrogens with one attached hydrogen (secondary N) is 1. The van der Waals surface area contributed by atoms with Crippen molar-refractivity contribution in [1.29, 1.82) is 0 Å². The average Bonchev–Trinajstić information content (AvgIpc) is 3.04. The smallest absolute Gasteiger partial charge is 0.223 e. The molecule has 0 radical (unpaired) electrons. The first-order valence-electron chi connectivity index (χ1n) is 6.64. The van der Waals surface area contributed by atoms with Gasteiger partial charge in [0, 0.05) is 9.75 Å². The molecule has 0 aliphatic carbocycles. The van der Waals surface area contributed by atoms with Crippen molar-refractivity contribution in [2.75, 3.05) is 11.1 Å². The summed E-state index contributed by atoms with van der Waals surface area (Å²) in [5, 5.41) is 4.45. The summed E-state index contributed by atoms with van der Waals surface area (Å²) >= 11 is 9.22. The van der Waals surface area contributed by atoms with E-state index in [2.05, 4.69) is 35.2 Å². The van der Waals surface area contributed by atoms with Gasteiger partial charge in [-0.1, -0.05) is 18.5 Å². The molecular weight excluding hydrogens is 324 g/mol. The lowest BCUT2D eigenvalue weighted by atomic mass is 10.2. The largest absolute Gasteiger partial charge is 0.368 e. The maximum absolute atomic E-state index is 6.00. The van der Waals surface area contributed by atoms with Crippen LogP contribution in [0, 0.1) is 0 Å². The fraction of sp³-hybridized carbons (Fsp3) is 0.286. The molecule has 0 aromatic carbocycles. The molecule has 21 heavy (non-hydrogen) atoms. The highest BCUT2D eigenvalue weighted by atomic mass is 35.5. The van der Waals surface area contributed by atoms with Crippen LogP contribution in [-0.2, 0) is 6.42 Å². The summed E-state index contributed by atoms with van der Waals surface area (Å²) in [6.45, 7) is 4.21. The van der Waals surface area contributed by atoms with Gasteiger partial charge in [0.2, 0.25) is 5.95 Å². The summed E-state index contributed by atoms with van der Waals surface area (Å²) in [7, 11) is 0. The van der Waals surface area contributed by atoms with E-state index in [4.69, 9.17) is 17.3 Å². The number of anilines is 2. The van der Waals surface area contributed by atoms with Crippen LogP contribution in [-0.4, -0.2) is 9.97 Å². The standard InChI is InChI=1S/C14H15ClN4S2/c1-3-8-6-9-12(18-14(16)19-13(9)20-8)17-7(2)10-4-5-11(15)21-10/h4-7H,3H2,1-2H3,(H3,16,17,18,19). The Balaban J connectivity index is 1.97. The zero-order valence-corrected chi connectivity index (χ0v) is 14.1. The van der Waals surface area contributed by atoms with E-state index < -0.39 is 0 Å². The summed E-state index contributed by atoms with van der Waals surface area (Å²) in [5.41, 5.74) is 5.82. The third kappa shape index (κ3) is 2.97. The van der Waals surface area contributed by atoms with E-state index in [1.807, 2.05) is 12.1 Å². The Labute approximate surface area is 136 Å². The predicted molar refractivity (Wildman–Crippen MR) is 92.6 cm³/mol. The van der Waals surface area contributed by atoms with E-state index in [0.29, 0.717) is 5.95 Å². The summed E-state index contributed by atoms with van der Waals surface area (Å²) in [4.78, 5) is 12.0. The van der Waals surface area contributed by atoms with E-state index in [1.54, 1.807) is 22.7 Å². The molecule has 7 heteroatoms. The van der Waals surface area contributed by atoms with E-state index in [1.165, 1.54) is 4.88 Å². The molecule has 3 rings (SSSR count). The van der Waals surface area contributed by atoms with Crippen LogP contribution in [0.1, 0.15) is 29.6 Å². The quantitative estimate of drug-likeness (QED) is 0.722. The van der Waals surface area contributed by atoms with Crippen LogP contribution in [0.25, 0.3) is 10.2 Å². The van der Waals surface area contributed by atoms with Crippen LogP contribution in [0.4, 0.5) is 11.8 Å². The first kappa shape index (κ1) is 14.6. The number of nitrogens with zero attached hydrogens (tertiary/aromatic N) is 2. The molecule has 110 valence electrons. The Kier molecular flexibility index (Phi) is 4.01. The highest BCUT2D eigenvalue weighted by molar-refractivity contribution is 7.18. The van der Waals surface area contributed by atoms with Gasteiger partial charge in [0.15, 0.2) is 0 Å². The van der Waals surface area contributed by atoms with Crippen LogP contribution in [0.3, 0.4) is 0 Å². The van der Waals surface area contributed by atoms with Gasteiger partial charge >= 0.3 is 0 Å². The molecule has 3 N–H and O–H groups in total. The molecule has 3 aromatic rings. The lowest BCUT2D eigenvalue weighted by Gasteiger charge is -2.13. The van der Waals surface area contributed by atoms with E-state index >= 15 is 0 Å². The first-order chi connectivity index (χ1) is 10.1. The third-order valence-corrected chi connectivity index (χ3v) is 5.77. The molecule has 3 aromatic heterocycles. The Hall–Kier alpha value is -1.37. The van der Waals surface area contributed by atoms with Crippen LogP contribution >= 0.6 is 34.3 Å². The minimum Gasteiger partial charge on any atom is -0.368 e. The van der Waals surface area contributed by atoms with Gasteiger partial charge in [-0.2, -0.15) is 4.98 Å². The van der Waals surface area contributed by atoms with Crippen LogP contribution < -0.4 is 11.1 Å². The van der Waals surface area contributed by atoms with Crippen molar-refractivity contribution in [3.63, 3.8) is 0 Å². The number of nitrogen functional groups attached to an aromatic ring is 1. The second-order valence-corrected chi connectivity index (χ2v) is 7.59. The van der Waals surface area contributed by atoms with Gasteiger partial charge in [-0.05, 0) is 31.5 Å². The lowest BCUT2D eigenvalue weighted by Crippen LogP contribution is -2.08. The van der Waals surface area contributed by atoms with E-state index in [-0.39, 0.29) is 6.04 Å². The molecule has 0 bridgehead atoms. The number of thiophene rings is 2. The Morgan fingerprint density at radius 2 is 2.14 bits per heavy atom. The summed E-state index contributed by atoms with van der Waals surface area (Å²) in [5.74, 6) is 1.08. The number of rotatable bonds is 4.